The Morgan fingerprint density at radius 1 is 1.06 bits per heavy atom. The van der Waals surface area contributed by atoms with Gasteiger partial charge in [0.1, 0.15) is 0 Å². The average molecular weight is 246 g/mol. The molecule has 0 aromatic heterocycles. The molecule has 0 aliphatic carbocycles. The Kier molecular flexibility index (Phi) is 5.76. The molecule has 0 N–H and O–H groups in total. The van der Waals surface area contributed by atoms with Crippen molar-refractivity contribution >= 4 is 11.6 Å². The van der Waals surface area contributed by atoms with E-state index in [-0.39, 0.29) is 11.6 Å². The van der Waals surface area contributed by atoms with Crippen LogP contribution in [0.4, 0.5) is 0 Å². The zero-order valence-corrected chi connectivity index (χ0v) is 11.5. The largest absolute Gasteiger partial charge is 0.295 e. The van der Waals surface area contributed by atoms with Crippen molar-refractivity contribution < 1.29 is 9.59 Å². The van der Waals surface area contributed by atoms with E-state index >= 15 is 0 Å². The van der Waals surface area contributed by atoms with Gasteiger partial charge in [0.15, 0.2) is 11.6 Å². The van der Waals surface area contributed by atoms with E-state index in [1.165, 1.54) is 6.92 Å². The molecule has 1 aromatic rings. The first-order valence-corrected chi connectivity index (χ1v) is 6.72. The van der Waals surface area contributed by atoms with Crippen LogP contribution >= 0.6 is 0 Å². The number of hydrogen-bond donors (Lipinski definition) is 0. The molecule has 0 radical (unpaired) electrons. The van der Waals surface area contributed by atoms with Crippen molar-refractivity contribution in [2.75, 3.05) is 0 Å². The van der Waals surface area contributed by atoms with Crippen LogP contribution in [0.1, 0.15) is 67.2 Å². The third-order valence-corrected chi connectivity index (χ3v) is 3.36. The van der Waals surface area contributed by atoms with Gasteiger partial charge in [0.25, 0.3) is 0 Å². The molecule has 0 spiro atoms. The van der Waals surface area contributed by atoms with E-state index < -0.39 is 0 Å². The molecule has 18 heavy (non-hydrogen) atoms. The van der Waals surface area contributed by atoms with Crippen molar-refractivity contribution in [2.45, 2.75) is 46.5 Å². The number of benzene rings is 1. The number of carbonyl (C=O) groups is 2. The highest BCUT2D eigenvalue weighted by atomic mass is 16.1. The molecule has 0 bridgehead atoms. The van der Waals surface area contributed by atoms with Crippen LogP contribution in [-0.4, -0.2) is 11.6 Å². The highest BCUT2D eigenvalue weighted by Gasteiger charge is 2.13. The van der Waals surface area contributed by atoms with Gasteiger partial charge in [0.2, 0.25) is 0 Å². The Bertz CT molecular complexity index is 404. The number of rotatable bonds is 7. The predicted molar refractivity (Wildman–Crippen MR) is 74.1 cm³/mol. The van der Waals surface area contributed by atoms with Gasteiger partial charge >= 0.3 is 0 Å². The van der Waals surface area contributed by atoms with E-state index in [4.69, 9.17) is 0 Å². The van der Waals surface area contributed by atoms with Gasteiger partial charge in [-0.25, -0.2) is 0 Å². The Morgan fingerprint density at radius 3 is 2.06 bits per heavy atom. The van der Waals surface area contributed by atoms with E-state index in [0.29, 0.717) is 17.9 Å². The Balaban J connectivity index is 2.69. The molecule has 98 valence electrons. The van der Waals surface area contributed by atoms with Gasteiger partial charge in [-0.05, 0) is 12.8 Å². The zero-order chi connectivity index (χ0) is 13.5. The molecule has 0 aliphatic heterocycles. The summed E-state index contributed by atoms with van der Waals surface area (Å²) in [6, 6.07) is 6.99. The maximum Gasteiger partial charge on any atom is 0.163 e. The Hall–Kier alpha value is -1.44. The predicted octanol–water partition coefficient (Wildman–Crippen LogP) is 4.29. The smallest absolute Gasteiger partial charge is 0.163 e. The fraction of sp³-hybridized carbons (Fsp3) is 0.500. The Labute approximate surface area is 109 Å². The van der Waals surface area contributed by atoms with Crippen molar-refractivity contribution in [3.05, 3.63) is 35.4 Å². The summed E-state index contributed by atoms with van der Waals surface area (Å²) in [4.78, 5) is 23.2. The molecule has 2 nitrogen and oxygen atoms in total. The summed E-state index contributed by atoms with van der Waals surface area (Å²) in [6.07, 6.45) is 3.89. The van der Waals surface area contributed by atoms with Crippen molar-refractivity contribution in [1.82, 2.24) is 0 Å². The van der Waals surface area contributed by atoms with Crippen LogP contribution in [0, 0.1) is 5.92 Å². The second-order valence-electron chi connectivity index (χ2n) is 4.82. The topological polar surface area (TPSA) is 34.1 Å². The quantitative estimate of drug-likeness (QED) is 0.673. The van der Waals surface area contributed by atoms with Crippen LogP contribution in [0.2, 0.25) is 0 Å². The monoisotopic (exact) mass is 246 g/mol. The van der Waals surface area contributed by atoms with Crippen LogP contribution in [0.15, 0.2) is 24.3 Å². The SMILES string of the molecule is CCCC(CC)CC(=O)c1ccc(C(C)=O)cc1. The fourth-order valence-electron chi connectivity index (χ4n) is 2.13. The van der Waals surface area contributed by atoms with E-state index in [2.05, 4.69) is 13.8 Å². The average Bonchev–Trinajstić information content (AvgIpc) is 2.38. The molecule has 0 heterocycles. The molecule has 1 atom stereocenters. The molecule has 0 fully saturated rings. The van der Waals surface area contributed by atoms with E-state index in [1.54, 1.807) is 24.3 Å². The van der Waals surface area contributed by atoms with Crippen LogP contribution < -0.4 is 0 Å². The molecular weight excluding hydrogens is 224 g/mol. The van der Waals surface area contributed by atoms with Crippen molar-refractivity contribution in [3.8, 4) is 0 Å². The summed E-state index contributed by atoms with van der Waals surface area (Å²) in [6.45, 7) is 5.81. The minimum Gasteiger partial charge on any atom is -0.295 e. The van der Waals surface area contributed by atoms with Gasteiger partial charge in [0, 0.05) is 17.5 Å². The van der Waals surface area contributed by atoms with Crippen LogP contribution in [0.5, 0.6) is 0 Å². The fourth-order valence-corrected chi connectivity index (χ4v) is 2.13. The van der Waals surface area contributed by atoms with Gasteiger partial charge in [0.05, 0.1) is 0 Å². The van der Waals surface area contributed by atoms with Crippen LogP contribution in [-0.2, 0) is 0 Å². The molecule has 0 saturated carbocycles. The molecule has 1 rings (SSSR count). The highest BCUT2D eigenvalue weighted by molar-refractivity contribution is 5.98. The molecule has 1 unspecified atom stereocenters. The summed E-state index contributed by atoms with van der Waals surface area (Å²) in [7, 11) is 0. The number of Topliss-reactive ketones (excluding diaryl/α,β-unsaturated/α-hetero) is 2. The minimum atomic E-state index is 0.0337. The van der Waals surface area contributed by atoms with Gasteiger partial charge in [-0.2, -0.15) is 0 Å². The second-order valence-corrected chi connectivity index (χ2v) is 4.82. The van der Waals surface area contributed by atoms with Gasteiger partial charge < -0.3 is 0 Å². The summed E-state index contributed by atoms with van der Waals surface area (Å²) < 4.78 is 0. The summed E-state index contributed by atoms with van der Waals surface area (Å²) in [5.74, 6) is 0.701. The summed E-state index contributed by atoms with van der Waals surface area (Å²) in [5.41, 5.74) is 1.38. The summed E-state index contributed by atoms with van der Waals surface area (Å²) in [5, 5.41) is 0. The van der Waals surface area contributed by atoms with Gasteiger partial charge in [-0.3, -0.25) is 9.59 Å². The lowest BCUT2D eigenvalue weighted by atomic mass is 9.92. The van der Waals surface area contributed by atoms with Gasteiger partial charge in [-0.15, -0.1) is 0 Å². The normalized spacial score (nSPS) is 12.2. The first kappa shape index (κ1) is 14.6. The third-order valence-electron chi connectivity index (χ3n) is 3.36. The first-order valence-electron chi connectivity index (χ1n) is 6.72. The lowest BCUT2D eigenvalue weighted by Crippen LogP contribution is -2.08. The zero-order valence-electron chi connectivity index (χ0n) is 11.5. The molecular formula is C16H22O2. The van der Waals surface area contributed by atoms with E-state index in [1.807, 2.05) is 0 Å². The molecule has 0 saturated heterocycles. The van der Waals surface area contributed by atoms with Crippen molar-refractivity contribution in [2.24, 2.45) is 5.92 Å². The summed E-state index contributed by atoms with van der Waals surface area (Å²) >= 11 is 0. The number of ketones is 2. The van der Waals surface area contributed by atoms with Crippen molar-refractivity contribution in [3.63, 3.8) is 0 Å². The minimum absolute atomic E-state index is 0.0337. The van der Waals surface area contributed by atoms with Crippen LogP contribution in [0.25, 0.3) is 0 Å². The van der Waals surface area contributed by atoms with Crippen LogP contribution in [0.3, 0.4) is 0 Å². The highest BCUT2D eigenvalue weighted by Crippen LogP contribution is 2.18. The molecule has 0 aliphatic rings. The number of carbonyl (C=O) groups excluding carboxylic acids is 2. The Morgan fingerprint density at radius 2 is 1.61 bits per heavy atom. The van der Waals surface area contributed by atoms with Crippen molar-refractivity contribution in [1.29, 1.82) is 0 Å². The van der Waals surface area contributed by atoms with E-state index in [0.717, 1.165) is 24.8 Å². The lowest BCUT2D eigenvalue weighted by Gasteiger charge is -2.12. The third kappa shape index (κ3) is 4.10. The number of hydrogen-bond acceptors (Lipinski definition) is 2. The first-order chi connectivity index (χ1) is 8.58. The maximum absolute atomic E-state index is 12.1. The molecule has 2 heteroatoms. The maximum atomic E-state index is 12.1. The molecule has 0 amide bonds. The van der Waals surface area contributed by atoms with E-state index in [9.17, 15) is 9.59 Å². The standard InChI is InChI=1S/C16H22O2/c1-4-6-13(5-2)11-16(18)15-9-7-14(8-10-15)12(3)17/h7-10,13H,4-6,11H2,1-3H3. The second kappa shape index (κ2) is 7.10. The molecule has 1 aromatic carbocycles. The van der Waals surface area contributed by atoms with Gasteiger partial charge in [-0.1, -0.05) is 57.4 Å². The lowest BCUT2D eigenvalue weighted by molar-refractivity contribution is 0.0955.